The molecule has 1 unspecified atom stereocenters. The Morgan fingerprint density at radius 3 is 2.88 bits per heavy atom. The predicted octanol–water partition coefficient (Wildman–Crippen LogP) is -0.763. The van der Waals surface area contributed by atoms with Crippen molar-refractivity contribution in [2.45, 2.75) is 0 Å². The Balaban J connectivity index is 2.79. The van der Waals surface area contributed by atoms with E-state index in [1.165, 1.54) is 12.5 Å². The van der Waals surface area contributed by atoms with E-state index in [4.69, 9.17) is 5.11 Å². The third kappa shape index (κ3) is 3.79. The Morgan fingerprint density at radius 1 is 1.69 bits per heavy atom. The molecule has 1 aromatic rings. The van der Waals surface area contributed by atoms with Crippen molar-refractivity contribution in [2.24, 2.45) is 4.36 Å². The fraction of sp³-hybridized carbons (Fsp3) is 0.286. The van der Waals surface area contributed by atoms with E-state index >= 15 is 0 Å². The molecule has 1 amide bonds. The number of rotatable bonds is 4. The molecule has 1 heterocycles. The first-order valence-electron chi connectivity index (χ1n) is 4.12. The van der Waals surface area contributed by atoms with Crippen molar-refractivity contribution in [1.82, 2.24) is 14.7 Å². The molecule has 0 radical (unpaired) electrons. The number of carboxylic acid groups (broad SMARTS) is 1. The number of amides is 1. The number of carbonyl (C=O) groups is 2. The molecule has 88 valence electrons. The fourth-order valence-electron chi connectivity index (χ4n) is 0.808. The van der Waals surface area contributed by atoms with E-state index in [2.05, 4.69) is 19.1 Å². The Hall–Kier alpha value is -1.74. The minimum Gasteiger partial charge on any atom is -0.480 e. The van der Waals surface area contributed by atoms with Crippen molar-refractivity contribution < 1.29 is 18.9 Å². The lowest BCUT2D eigenvalue weighted by Gasteiger charge is -2.02. The van der Waals surface area contributed by atoms with E-state index in [0.717, 1.165) is 6.26 Å². The number of aromatic nitrogens is 2. The van der Waals surface area contributed by atoms with E-state index in [9.17, 15) is 13.8 Å². The summed E-state index contributed by atoms with van der Waals surface area (Å²) >= 11 is 0. The number of nitrogens with zero attached hydrogens (tertiary/aromatic N) is 2. The van der Waals surface area contributed by atoms with E-state index < -0.39 is 28.3 Å². The highest BCUT2D eigenvalue weighted by atomic mass is 32.2. The van der Waals surface area contributed by atoms with Crippen molar-refractivity contribution in [3.05, 3.63) is 18.2 Å². The molecule has 0 aliphatic carbocycles. The molecule has 0 fully saturated rings. The highest BCUT2D eigenvalue weighted by molar-refractivity contribution is 7.91. The van der Waals surface area contributed by atoms with E-state index in [1.807, 2.05) is 0 Å². The van der Waals surface area contributed by atoms with Crippen molar-refractivity contribution in [3.63, 3.8) is 0 Å². The molecule has 3 N–H and O–H groups in total. The summed E-state index contributed by atoms with van der Waals surface area (Å²) in [6.07, 6.45) is 3.66. The van der Waals surface area contributed by atoms with Crippen molar-refractivity contribution in [3.8, 4) is 0 Å². The van der Waals surface area contributed by atoms with Gasteiger partial charge in [-0.15, -0.1) is 4.36 Å². The van der Waals surface area contributed by atoms with Crippen LogP contribution in [0.3, 0.4) is 0 Å². The summed E-state index contributed by atoms with van der Waals surface area (Å²) in [6, 6.07) is 0. The average Bonchev–Trinajstić information content (AvgIpc) is 2.67. The third-order valence-electron chi connectivity index (χ3n) is 1.48. The molecule has 0 aliphatic heterocycles. The first kappa shape index (κ1) is 12.3. The molecule has 0 bridgehead atoms. The molecule has 1 atom stereocenters. The van der Waals surface area contributed by atoms with Gasteiger partial charge in [-0.1, -0.05) is 0 Å². The van der Waals surface area contributed by atoms with Gasteiger partial charge in [0.05, 0.1) is 12.5 Å². The smallest absolute Gasteiger partial charge is 0.318 e. The van der Waals surface area contributed by atoms with Gasteiger partial charge >= 0.3 is 11.9 Å². The normalized spacial score (nSPS) is 14.1. The van der Waals surface area contributed by atoms with Gasteiger partial charge in [-0.3, -0.25) is 9.59 Å². The van der Waals surface area contributed by atoms with Crippen LogP contribution < -0.4 is 4.72 Å². The topological polar surface area (TPSA) is 125 Å². The zero-order chi connectivity index (χ0) is 12.2. The highest BCUT2D eigenvalue weighted by Gasteiger charge is 2.10. The van der Waals surface area contributed by atoms with Crippen LogP contribution in [0.4, 0.5) is 0 Å². The lowest BCUT2D eigenvalue weighted by atomic mass is 10.5. The maximum atomic E-state index is 11.6. The molecule has 1 aromatic heterocycles. The number of nitrogens with one attached hydrogen (secondary N) is 2. The van der Waals surface area contributed by atoms with Gasteiger partial charge in [-0.05, 0) is 0 Å². The second-order valence-electron chi connectivity index (χ2n) is 2.88. The van der Waals surface area contributed by atoms with Gasteiger partial charge in [-0.2, -0.15) is 0 Å². The minimum atomic E-state index is -3.06. The summed E-state index contributed by atoms with van der Waals surface area (Å²) in [4.78, 5) is 27.7. The first-order valence-corrected chi connectivity index (χ1v) is 6.04. The number of aliphatic carboxylic acids is 1. The van der Waals surface area contributed by atoms with Crippen molar-refractivity contribution in [2.75, 3.05) is 12.8 Å². The van der Waals surface area contributed by atoms with Crippen LogP contribution in [0.2, 0.25) is 0 Å². The zero-order valence-electron chi connectivity index (χ0n) is 8.34. The van der Waals surface area contributed by atoms with Gasteiger partial charge in [0, 0.05) is 6.26 Å². The summed E-state index contributed by atoms with van der Waals surface area (Å²) in [5.41, 5.74) is 0.0895. The molecule has 9 heteroatoms. The molecular weight excluding hydrogens is 236 g/mol. The quantitative estimate of drug-likeness (QED) is 0.643. The lowest BCUT2D eigenvalue weighted by Crippen LogP contribution is -2.28. The predicted molar refractivity (Wildman–Crippen MR) is 55.1 cm³/mol. The van der Waals surface area contributed by atoms with Crippen LogP contribution in [0.15, 0.2) is 16.9 Å². The molecule has 0 spiro atoms. The lowest BCUT2D eigenvalue weighted by molar-refractivity contribution is -0.135. The molecule has 8 nitrogen and oxygen atoms in total. The van der Waals surface area contributed by atoms with Gasteiger partial charge in [0.1, 0.15) is 22.2 Å². The number of hydrogen-bond donors (Lipinski definition) is 3. The Bertz CT molecular complexity index is 500. The van der Waals surface area contributed by atoms with Crippen LogP contribution in [0, 0.1) is 0 Å². The molecular formula is C7H10N4O4S. The van der Waals surface area contributed by atoms with E-state index in [0.29, 0.717) is 0 Å². The SMILES string of the molecule is CS(=O)(=NC(=O)c1cnc[nH]1)NCC(=O)O. The highest BCUT2D eigenvalue weighted by Crippen LogP contribution is 1.97. The number of carboxylic acids is 1. The summed E-state index contributed by atoms with van der Waals surface area (Å²) in [5, 5.41) is 8.36. The molecule has 0 saturated carbocycles. The number of H-pyrrole nitrogens is 1. The van der Waals surface area contributed by atoms with Gasteiger partial charge < -0.3 is 10.1 Å². The maximum Gasteiger partial charge on any atom is 0.318 e. The zero-order valence-corrected chi connectivity index (χ0v) is 9.15. The molecule has 0 aromatic carbocycles. The summed E-state index contributed by atoms with van der Waals surface area (Å²) in [6.45, 7) is -0.533. The van der Waals surface area contributed by atoms with E-state index in [1.54, 1.807) is 0 Å². The van der Waals surface area contributed by atoms with Crippen LogP contribution in [0.5, 0.6) is 0 Å². The average molecular weight is 246 g/mol. The summed E-state index contributed by atoms with van der Waals surface area (Å²) in [7, 11) is -3.06. The fourth-order valence-corrected chi connectivity index (χ4v) is 1.68. The minimum absolute atomic E-state index is 0.0895. The molecule has 1 rings (SSSR count). The second kappa shape index (κ2) is 4.86. The molecule has 0 saturated heterocycles. The first-order chi connectivity index (χ1) is 7.41. The third-order valence-corrected chi connectivity index (χ3v) is 2.67. The van der Waals surface area contributed by atoms with Gasteiger partial charge in [0.25, 0.3) is 0 Å². The second-order valence-corrected chi connectivity index (χ2v) is 4.96. The Kier molecular flexibility index (Phi) is 3.74. The van der Waals surface area contributed by atoms with Crippen molar-refractivity contribution in [1.29, 1.82) is 0 Å². The van der Waals surface area contributed by atoms with Crippen LogP contribution in [-0.4, -0.2) is 44.0 Å². The van der Waals surface area contributed by atoms with Gasteiger partial charge in [-0.25, -0.2) is 13.9 Å². The summed E-state index contributed by atoms with van der Waals surface area (Å²) < 4.78 is 17.1. The monoisotopic (exact) mass is 246 g/mol. The molecule has 16 heavy (non-hydrogen) atoms. The number of hydrogen-bond acceptors (Lipinski definition) is 4. The van der Waals surface area contributed by atoms with Gasteiger partial charge in [0.15, 0.2) is 0 Å². The Labute approximate surface area is 91.4 Å². The van der Waals surface area contributed by atoms with Crippen molar-refractivity contribution >= 4 is 21.8 Å². The van der Waals surface area contributed by atoms with Crippen LogP contribution in [-0.2, 0) is 14.7 Å². The maximum absolute atomic E-state index is 11.6. The van der Waals surface area contributed by atoms with Crippen LogP contribution in [0.1, 0.15) is 10.5 Å². The number of carbonyl (C=O) groups excluding carboxylic acids is 1. The van der Waals surface area contributed by atoms with E-state index in [-0.39, 0.29) is 5.69 Å². The molecule has 0 aliphatic rings. The van der Waals surface area contributed by atoms with Crippen LogP contribution in [0.25, 0.3) is 0 Å². The Morgan fingerprint density at radius 2 is 2.38 bits per heavy atom. The number of imidazole rings is 1. The largest absolute Gasteiger partial charge is 0.480 e. The van der Waals surface area contributed by atoms with Gasteiger partial charge in [0.2, 0.25) is 0 Å². The number of aromatic amines is 1. The standard InChI is InChI=1S/C7H10N4O4S/c1-16(15,10-3-6(12)13)11-7(14)5-2-8-4-9-5/h2,4H,3H2,1H3,(H,8,9)(H,12,13)(H,10,11,14,15). The summed E-state index contributed by atoms with van der Waals surface area (Å²) in [5.74, 6) is -1.93. The van der Waals surface area contributed by atoms with Crippen LogP contribution >= 0.6 is 0 Å².